The zero-order valence-electron chi connectivity index (χ0n) is 18.4. The van der Waals surface area contributed by atoms with E-state index in [2.05, 4.69) is 29.8 Å². The Morgan fingerprint density at radius 1 is 1.03 bits per heavy atom. The first kappa shape index (κ1) is 22.4. The Balaban J connectivity index is 1.66. The second-order valence-corrected chi connectivity index (χ2v) is 9.69. The molecule has 3 aromatic carbocycles. The number of nitrogens with zero attached hydrogens (tertiary/aromatic N) is 1. The minimum absolute atomic E-state index is 0.265. The van der Waals surface area contributed by atoms with Gasteiger partial charge in [-0.15, -0.1) is 0 Å². The highest BCUT2D eigenvalue weighted by Crippen LogP contribution is 2.44. The first-order valence-electron chi connectivity index (χ1n) is 10.7. The van der Waals surface area contributed by atoms with Crippen molar-refractivity contribution in [3.8, 4) is 0 Å². The molecule has 1 heterocycles. The van der Waals surface area contributed by atoms with E-state index in [4.69, 9.17) is 0 Å². The molecule has 5 heteroatoms. The molecule has 0 aromatic heterocycles. The van der Waals surface area contributed by atoms with E-state index in [1.165, 1.54) is 0 Å². The molecule has 1 unspecified atom stereocenters. The van der Waals surface area contributed by atoms with Gasteiger partial charge in [0.15, 0.2) is 11.4 Å². The molecule has 0 bridgehead atoms. The third-order valence-electron chi connectivity index (χ3n) is 6.07. The molecule has 0 saturated carbocycles. The average Bonchev–Trinajstić information content (AvgIpc) is 2.96. The lowest BCUT2D eigenvalue weighted by Gasteiger charge is -2.23. The van der Waals surface area contributed by atoms with Crippen molar-refractivity contribution in [2.75, 3.05) is 4.90 Å². The van der Waals surface area contributed by atoms with Crippen molar-refractivity contribution in [2.45, 2.75) is 45.3 Å². The Kier molecular flexibility index (Phi) is 6.06. The number of Topliss-reactive ketones (excluding diaryl/α,β-unsaturated/α-hetero) is 1. The normalized spacial score (nSPS) is 17.7. The molecule has 0 aliphatic carbocycles. The van der Waals surface area contributed by atoms with Gasteiger partial charge in [-0.1, -0.05) is 83.9 Å². The van der Waals surface area contributed by atoms with Gasteiger partial charge in [-0.05, 0) is 42.2 Å². The first-order chi connectivity index (χ1) is 15.2. The first-order valence-corrected chi connectivity index (χ1v) is 11.5. The Bertz CT molecular complexity index is 1170. The lowest BCUT2D eigenvalue weighted by molar-refractivity contribution is -0.136. The van der Waals surface area contributed by atoms with Crippen molar-refractivity contribution < 1.29 is 14.7 Å². The van der Waals surface area contributed by atoms with Gasteiger partial charge in [0, 0.05) is 15.6 Å². The molecule has 1 aliphatic rings. The third kappa shape index (κ3) is 4.15. The number of anilines is 1. The topological polar surface area (TPSA) is 57.6 Å². The number of fused-ring (bicyclic) bond motifs is 1. The molecule has 1 N–H and O–H groups in total. The SMILES string of the molecule is Cc1ccc(CN2C(=O)C(O)(CC(=O)c3ccc(C(C)C)cc3)c3cc(Br)ccc32)cc1. The van der Waals surface area contributed by atoms with Crippen LogP contribution in [0.25, 0.3) is 0 Å². The minimum atomic E-state index is -1.91. The van der Waals surface area contributed by atoms with Crippen LogP contribution < -0.4 is 4.90 Å². The zero-order chi connectivity index (χ0) is 23.0. The Labute approximate surface area is 197 Å². The summed E-state index contributed by atoms with van der Waals surface area (Å²) >= 11 is 3.44. The van der Waals surface area contributed by atoms with Crippen molar-refractivity contribution in [2.24, 2.45) is 0 Å². The number of ketones is 1. The lowest BCUT2D eigenvalue weighted by Crippen LogP contribution is -2.41. The summed E-state index contributed by atoms with van der Waals surface area (Å²) in [6, 6.07) is 20.7. The van der Waals surface area contributed by atoms with Crippen LogP contribution in [-0.2, 0) is 16.9 Å². The quantitative estimate of drug-likeness (QED) is 0.437. The molecule has 0 saturated heterocycles. The second kappa shape index (κ2) is 8.64. The van der Waals surface area contributed by atoms with Crippen molar-refractivity contribution in [3.63, 3.8) is 0 Å². The molecule has 164 valence electrons. The minimum Gasteiger partial charge on any atom is -0.375 e. The van der Waals surface area contributed by atoms with E-state index in [0.29, 0.717) is 29.3 Å². The van der Waals surface area contributed by atoms with E-state index >= 15 is 0 Å². The molecule has 1 atom stereocenters. The Hall–Kier alpha value is -2.76. The van der Waals surface area contributed by atoms with Crippen LogP contribution in [0.15, 0.2) is 71.2 Å². The van der Waals surface area contributed by atoms with E-state index in [1.54, 1.807) is 23.1 Å². The maximum atomic E-state index is 13.5. The number of rotatable bonds is 6. The van der Waals surface area contributed by atoms with E-state index < -0.39 is 11.5 Å². The maximum absolute atomic E-state index is 13.5. The van der Waals surface area contributed by atoms with Crippen LogP contribution >= 0.6 is 15.9 Å². The summed E-state index contributed by atoms with van der Waals surface area (Å²) < 4.78 is 0.744. The van der Waals surface area contributed by atoms with Crippen LogP contribution in [0.5, 0.6) is 0 Å². The molecule has 0 radical (unpaired) electrons. The average molecular weight is 492 g/mol. The van der Waals surface area contributed by atoms with Gasteiger partial charge in [-0.25, -0.2) is 0 Å². The summed E-state index contributed by atoms with van der Waals surface area (Å²) in [5.74, 6) is -0.378. The number of aryl methyl sites for hydroxylation is 1. The van der Waals surface area contributed by atoms with Gasteiger partial charge in [0.25, 0.3) is 5.91 Å². The van der Waals surface area contributed by atoms with E-state index in [1.807, 2.05) is 55.5 Å². The fourth-order valence-electron chi connectivity index (χ4n) is 4.11. The number of aliphatic hydroxyl groups is 1. The summed E-state index contributed by atoms with van der Waals surface area (Å²) in [6.07, 6.45) is -0.305. The van der Waals surface area contributed by atoms with Gasteiger partial charge in [-0.3, -0.25) is 9.59 Å². The molecule has 3 aromatic rings. The molecule has 4 nitrogen and oxygen atoms in total. The Morgan fingerprint density at radius 2 is 1.69 bits per heavy atom. The van der Waals surface area contributed by atoms with E-state index in [-0.39, 0.29) is 12.2 Å². The molecule has 4 rings (SSSR count). The number of benzene rings is 3. The zero-order valence-corrected chi connectivity index (χ0v) is 20.0. The molecular formula is C27H26BrNO3. The fraction of sp³-hybridized carbons (Fsp3) is 0.259. The molecule has 0 spiro atoms. The van der Waals surface area contributed by atoms with Crippen LogP contribution in [-0.4, -0.2) is 16.8 Å². The smallest absolute Gasteiger partial charge is 0.264 e. The van der Waals surface area contributed by atoms with Gasteiger partial charge < -0.3 is 10.0 Å². The van der Waals surface area contributed by atoms with Gasteiger partial charge in [0.2, 0.25) is 0 Å². The van der Waals surface area contributed by atoms with Crippen LogP contribution in [0, 0.1) is 6.92 Å². The van der Waals surface area contributed by atoms with Crippen LogP contribution in [0.2, 0.25) is 0 Å². The highest BCUT2D eigenvalue weighted by atomic mass is 79.9. The molecule has 1 aliphatic heterocycles. The predicted octanol–water partition coefficient (Wildman–Crippen LogP) is 5.89. The van der Waals surface area contributed by atoms with Crippen molar-refractivity contribution in [1.29, 1.82) is 0 Å². The van der Waals surface area contributed by atoms with Crippen molar-refractivity contribution in [1.82, 2.24) is 0 Å². The van der Waals surface area contributed by atoms with Gasteiger partial charge in [-0.2, -0.15) is 0 Å². The van der Waals surface area contributed by atoms with Crippen molar-refractivity contribution in [3.05, 3.63) is 99.0 Å². The third-order valence-corrected chi connectivity index (χ3v) is 6.56. The molecule has 1 amide bonds. The summed E-state index contributed by atoms with van der Waals surface area (Å²) in [7, 11) is 0. The van der Waals surface area contributed by atoms with E-state index in [9.17, 15) is 14.7 Å². The predicted molar refractivity (Wildman–Crippen MR) is 130 cm³/mol. The summed E-state index contributed by atoms with van der Waals surface area (Å²) in [6.45, 7) is 6.52. The molecular weight excluding hydrogens is 466 g/mol. The number of amides is 1. The van der Waals surface area contributed by atoms with E-state index in [0.717, 1.165) is 21.2 Å². The number of carbonyl (C=O) groups is 2. The summed E-state index contributed by atoms with van der Waals surface area (Å²) in [5.41, 5.74) is 2.90. The number of carbonyl (C=O) groups excluding carboxylic acids is 2. The highest BCUT2D eigenvalue weighted by Gasteiger charge is 2.51. The van der Waals surface area contributed by atoms with Crippen LogP contribution in [0.3, 0.4) is 0 Å². The second-order valence-electron chi connectivity index (χ2n) is 8.78. The van der Waals surface area contributed by atoms with Gasteiger partial charge >= 0.3 is 0 Å². The number of hydrogen-bond acceptors (Lipinski definition) is 3. The fourth-order valence-corrected chi connectivity index (χ4v) is 4.48. The van der Waals surface area contributed by atoms with Crippen molar-refractivity contribution >= 4 is 33.3 Å². The number of halogens is 1. The van der Waals surface area contributed by atoms with Crippen LogP contribution in [0.4, 0.5) is 5.69 Å². The summed E-state index contributed by atoms with van der Waals surface area (Å²) in [4.78, 5) is 28.1. The molecule has 32 heavy (non-hydrogen) atoms. The maximum Gasteiger partial charge on any atom is 0.264 e. The number of hydrogen-bond donors (Lipinski definition) is 1. The lowest BCUT2D eigenvalue weighted by atomic mass is 9.87. The monoisotopic (exact) mass is 491 g/mol. The highest BCUT2D eigenvalue weighted by molar-refractivity contribution is 9.10. The summed E-state index contributed by atoms with van der Waals surface area (Å²) in [5, 5.41) is 11.6. The largest absolute Gasteiger partial charge is 0.375 e. The molecule has 0 fully saturated rings. The Morgan fingerprint density at radius 3 is 2.31 bits per heavy atom. The standard InChI is InChI=1S/C27H26BrNO3/c1-17(2)20-8-10-21(11-9-20)25(30)15-27(32)23-14-22(28)12-13-24(23)29(26(27)31)16-19-6-4-18(3)5-7-19/h4-14,17,32H,15-16H2,1-3H3. The van der Waals surface area contributed by atoms with Gasteiger partial charge in [0.1, 0.15) is 0 Å². The van der Waals surface area contributed by atoms with Gasteiger partial charge in [0.05, 0.1) is 18.7 Å². The van der Waals surface area contributed by atoms with Crippen LogP contribution in [0.1, 0.15) is 58.8 Å².